The van der Waals surface area contributed by atoms with Crippen LogP contribution in [0.5, 0.6) is 0 Å². The first-order valence-corrected chi connectivity index (χ1v) is 8.06. The molecule has 1 aliphatic heterocycles. The van der Waals surface area contributed by atoms with Crippen molar-refractivity contribution in [1.82, 2.24) is 14.3 Å². The topological polar surface area (TPSA) is 78.4 Å². The summed E-state index contributed by atoms with van der Waals surface area (Å²) in [4.78, 5) is 18.0. The quantitative estimate of drug-likeness (QED) is 0.729. The summed E-state index contributed by atoms with van der Waals surface area (Å²) in [7, 11) is 0. The number of aromatic nitrogens is 2. The van der Waals surface area contributed by atoms with Gasteiger partial charge in [0.1, 0.15) is 0 Å². The van der Waals surface area contributed by atoms with E-state index in [-0.39, 0.29) is 12.5 Å². The van der Waals surface area contributed by atoms with Crippen LogP contribution in [0.4, 0.5) is 5.13 Å². The Balaban J connectivity index is 1.71. The molecular weight excluding hydrogens is 284 g/mol. The SMILES string of the molecule is CCCSc1nsc(NC(=O)CN2CC(CO)C2)n1. The summed E-state index contributed by atoms with van der Waals surface area (Å²) in [5.41, 5.74) is 0. The minimum absolute atomic E-state index is 0.0698. The second kappa shape index (κ2) is 7.18. The molecule has 1 amide bonds. The largest absolute Gasteiger partial charge is 0.396 e. The second-order valence-corrected chi connectivity index (χ2v) is 6.34. The Kier molecular flexibility index (Phi) is 5.56. The molecule has 0 radical (unpaired) electrons. The lowest BCUT2D eigenvalue weighted by atomic mass is 10.0. The van der Waals surface area contributed by atoms with Gasteiger partial charge in [0.2, 0.25) is 16.2 Å². The lowest BCUT2D eigenvalue weighted by Crippen LogP contribution is -2.51. The lowest BCUT2D eigenvalue weighted by Gasteiger charge is -2.37. The van der Waals surface area contributed by atoms with Crippen molar-refractivity contribution in [3.8, 4) is 0 Å². The van der Waals surface area contributed by atoms with Crippen molar-refractivity contribution in [2.24, 2.45) is 5.92 Å². The molecule has 1 aliphatic rings. The monoisotopic (exact) mass is 302 g/mol. The molecule has 0 saturated carbocycles. The number of likely N-dealkylation sites (tertiary alicyclic amines) is 1. The smallest absolute Gasteiger partial charge is 0.240 e. The standard InChI is InChI=1S/C11H18N4O2S2/c1-2-3-18-11-13-10(19-14-11)12-9(17)6-15-4-8(5-15)7-16/h8,16H,2-7H2,1H3,(H,12,13,14,17). The van der Waals surface area contributed by atoms with Crippen LogP contribution in [0.2, 0.25) is 0 Å². The molecule has 2 heterocycles. The fourth-order valence-electron chi connectivity index (χ4n) is 1.80. The number of hydrogen-bond donors (Lipinski definition) is 2. The van der Waals surface area contributed by atoms with E-state index in [1.807, 2.05) is 4.90 Å². The number of hydrogen-bond acceptors (Lipinski definition) is 7. The maximum absolute atomic E-state index is 11.8. The average molecular weight is 302 g/mol. The summed E-state index contributed by atoms with van der Waals surface area (Å²) in [6.07, 6.45) is 1.08. The van der Waals surface area contributed by atoms with Gasteiger partial charge in [0, 0.05) is 42.9 Å². The van der Waals surface area contributed by atoms with Crippen LogP contribution < -0.4 is 5.32 Å². The first kappa shape index (κ1) is 14.7. The van der Waals surface area contributed by atoms with Crippen LogP contribution in [-0.2, 0) is 4.79 Å². The number of aliphatic hydroxyl groups excluding tert-OH is 1. The van der Waals surface area contributed by atoms with E-state index < -0.39 is 0 Å². The molecular formula is C11H18N4O2S2. The third kappa shape index (κ3) is 4.41. The molecule has 8 heteroatoms. The van der Waals surface area contributed by atoms with Gasteiger partial charge in [0.05, 0.1) is 6.54 Å². The number of thioether (sulfide) groups is 1. The summed E-state index contributed by atoms with van der Waals surface area (Å²) in [6, 6.07) is 0. The lowest BCUT2D eigenvalue weighted by molar-refractivity contribution is -0.119. The molecule has 0 unspecified atom stereocenters. The molecule has 6 nitrogen and oxygen atoms in total. The van der Waals surface area contributed by atoms with Crippen LogP contribution in [0.25, 0.3) is 0 Å². The summed E-state index contributed by atoms with van der Waals surface area (Å²) >= 11 is 2.81. The predicted molar refractivity (Wildman–Crippen MR) is 76.6 cm³/mol. The molecule has 2 rings (SSSR count). The normalized spacial score (nSPS) is 16.3. The third-order valence-electron chi connectivity index (χ3n) is 2.75. The van der Waals surface area contributed by atoms with Crippen molar-refractivity contribution in [1.29, 1.82) is 0 Å². The van der Waals surface area contributed by atoms with Gasteiger partial charge in [-0.1, -0.05) is 18.7 Å². The number of anilines is 1. The van der Waals surface area contributed by atoms with Gasteiger partial charge in [0.15, 0.2) is 0 Å². The van der Waals surface area contributed by atoms with E-state index in [0.717, 1.165) is 30.4 Å². The Morgan fingerprint density at radius 3 is 3.11 bits per heavy atom. The maximum Gasteiger partial charge on any atom is 0.240 e. The fourth-order valence-corrected chi connectivity index (χ4v) is 3.21. The minimum atomic E-state index is -0.0698. The zero-order valence-electron chi connectivity index (χ0n) is 10.8. The summed E-state index contributed by atoms with van der Waals surface area (Å²) < 4.78 is 4.18. The zero-order chi connectivity index (χ0) is 13.7. The first-order chi connectivity index (χ1) is 9.21. The number of rotatable bonds is 7. The van der Waals surface area contributed by atoms with Gasteiger partial charge in [0.25, 0.3) is 0 Å². The Morgan fingerprint density at radius 2 is 2.42 bits per heavy atom. The van der Waals surface area contributed by atoms with Crippen LogP contribution in [0, 0.1) is 5.92 Å². The molecule has 0 aliphatic carbocycles. The molecule has 0 bridgehead atoms. The molecule has 1 fully saturated rings. The summed E-state index contributed by atoms with van der Waals surface area (Å²) in [5.74, 6) is 1.24. The number of nitrogens with zero attached hydrogens (tertiary/aromatic N) is 3. The molecule has 1 aromatic rings. The van der Waals surface area contributed by atoms with Gasteiger partial charge >= 0.3 is 0 Å². The van der Waals surface area contributed by atoms with E-state index in [4.69, 9.17) is 5.11 Å². The number of carbonyl (C=O) groups is 1. The van der Waals surface area contributed by atoms with Gasteiger partial charge in [-0.05, 0) is 6.42 Å². The third-order valence-corrected chi connectivity index (χ3v) is 4.55. The van der Waals surface area contributed by atoms with Crippen LogP contribution in [0.1, 0.15) is 13.3 Å². The van der Waals surface area contributed by atoms with Gasteiger partial charge in [-0.2, -0.15) is 9.36 Å². The second-order valence-electron chi connectivity index (χ2n) is 4.52. The zero-order valence-corrected chi connectivity index (χ0v) is 12.5. The van der Waals surface area contributed by atoms with Gasteiger partial charge in [-0.3, -0.25) is 15.0 Å². The highest BCUT2D eigenvalue weighted by atomic mass is 32.2. The summed E-state index contributed by atoms with van der Waals surface area (Å²) in [6.45, 7) is 4.24. The molecule has 106 valence electrons. The van der Waals surface area contributed by atoms with E-state index in [1.165, 1.54) is 11.5 Å². The minimum Gasteiger partial charge on any atom is -0.396 e. The highest BCUT2D eigenvalue weighted by Crippen LogP contribution is 2.20. The molecule has 2 N–H and O–H groups in total. The Labute approximate surface area is 120 Å². The van der Waals surface area contributed by atoms with E-state index >= 15 is 0 Å². The van der Waals surface area contributed by atoms with Gasteiger partial charge in [-0.25, -0.2) is 0 Å². The molecule has 0 aromatic carbocycles. The number of aliphatic hydroxyl groups is 1. The van der Waals surface area contributed by atoms with Crippen molar-refractivity contribution < 1.29 is 9.90 Å². The van der Waals surface area contributed by atoms with Crippen LogP contribution in [-0.4, -0.2) is 57.3 Å². The summed E-state index contributed by atoms with van der Waals surface area (Å²) in [5, 5.41) is 12.9. The Bertz CT molecular complexity index is 421. The Morgan fingerprint density at radius 1 is 1.63 bits per heavy atom. The molecule has 1 saturated heterocycles. The van der Waals surface area contributed by atoms with Crippen molar-refractivity contribution >= 4 is 34.3 Å². The van der Waals surface area contributed by atoms with E-state index in [9.17, 15) is 4.79 Å². The van der Waals surface area contributed by atoms with E-state index in [1.54, 1.807) is 11.8 Å². The predicted octanol–water partition coefficient (Wildman–Crippen LogP) is 0.903. The molecule has 1 aromatic heterocycles. The van der Waals surface area contributed by atoms with Crippen LogP contribution >= 0.6 is 23.3 Å². The van der Waals surface area contributed by atoms with Crippen LogP contribution in [0.15, 0.2) is 5.16 Å². The van der Waals surface area contributed by atoms with Crippen molar-refractivity contribution in [2.45, 2.75) is 18.5 Å². The molecule has 0 spiro atoms. The van der Waals surface area contributed by atoms with Crippen molar-refractivity contribution in [2.75, 3.05) is 37.3 Å². The highest BCUT2D eigenvalue weighted by Gasteiger charge is 2.27. The molecule has 19 heavy (non-hydrogen) atoms. The highest BCUT2D eigenvalue weighted by molar-refractivity contribution is 7.99. The number of carbonyl (C=O) groups excluding carboxylic acids is 1. The number of amides is 1. The molecule has 0 atom stereocenters. The number of nitrogens with one attached hydrogen (secondary N) is 1. The first-order valence-electron chi connectivity index (χ1n) is 6.30. The van der Waals surface area contributed by atoms with Crippen molar-refractivity contribution in [3.63, 3.8) is 0 Å². The fraction of sp³-hybridized carbons (Fsp3) is 0.727. The van der Waals surface area contributed by atoms with E-state index in [2.05, 4.69) is 21.6 Å². The van der Waals surface area contributed by atoms with Gasteiger partial charge < -0.3 is 5.11 Å². The Hall–Kier alpha value is -0.700. The van der Waals surface area contributed by atoms with Crippen molar-refractivity contribution in [3.05, 3.63) is 0 Å². The van der Waals surface area contributed by atoms with Gasteiger partial charge in [-0.15, -0.1) is 0 Å². The van der Waals surface area contributed by atoms with Crippen LogP contribution in [0.3, 0.4) is 0 Å². The maximum atomic E-state index is 11.8. The average Bonchev–Trinajstić information content (AvgIpc) is 2.78. The van der Waals surface area contributed by atoms with E-state index in [0.29, 0.717) is 17.6 Å².